The molecule has 4 heteroatoms. The van der Waals surface area contributed by atoms with Gasteiger partial charge in [-0.25, -0.2) is 9.97 Å². The van der Waals surface area contributed by atoms with Gasteiger partial charge in [0.2, 0.25) is 0 Å². The van der Waals surface area contributed by atoms with E-state index in [1.165, 1.54) is 0 Å². The maximum atomic E-state index is 5.47. The summed E-state index contributed by atoms with van der Waals surface area (Å²) >= 11 is 0. The highest BCUT2D eigenvalue weighted by molar-refractivity contribution is 5.95. The Kier molecular flexibility index (Phi) is 4.23. The van der Waals surface area contributed by atoms with Gasteiger partial charge in [-0.3, -0.25) is 0 Å². The molecule has 0 bridgehead atoms. The molecule has 4 nitrogen and oxygen atoms in total. The van der Waals surface area contributed by atoms with Gasteiger partial charge < -0.3 is 9.47 Å². The van der Waals surface area contributed by atoms with Gasteiger partial charge >= 0.3 is 0 Å². The third-order valence-electron chi connectivity index (χ3n) is 4.28. The summed E-state index contributed by atoms with van der Waals surface area (Å²) in [5.74, 6) is 1.99. The van der Waals surface area contributed by atoms with Gasteiger partial charge in [0.25, 0.3) is 0 Å². The Morgan fingerprint density at radius 2 is 1.23 bits per heavy atom. The van der Waals surface area contributed by atoms with Crippen LogP contribution in [0.2, 0.25) is 0 Å². The maximum Gasteiger partial charge on any atom is 0.162 e. The maximum absolute atomic E-state index is 5.47. The molecule has 0 saturated heterocycles. The van der Waals surface area contributed by atoms with Crippen molar-refractivity contribution in [1.29, 1.82) is 0 Å². The number of nitrogens with zero attached hydrogens (tertiary/aromatic N) is 2. The van der Waals surface area contributed by atoms with Gasteiger partial charge in [0.1, 0.15) is 0 Å². The van der Waals surface area contributed by atoms with E-state index in [1.807, 2.05) is 72.8 Å². The average Bonchev–Trinajstić information content (AvgIpc) is 2.73. The van der Waals surface area contributed by atoms with Gasteiger partial charge in [-0.1, -0.05) is 60.7 Å². The standard InChI is InChI=1S/C22H18N2O2/c1-25-19-13-17-18(14-20(19)26-2)23-22(16-11-7-4-8-12-16)24-21(17)15-9-5-3-6-10-15/h3-14H,1-2H3. The Bertz CT molecular complexity index is 1050. The molecule has 0 radical (unpaired) electrons. The SMILES string of the molecule is COc1cc2nc(-c3ccccc3)nc(-c3ccccc3)c2cc1OC. The second-order valence-electron chi connectivity index (χ2n) is 5.85. The Balaban J connectivity index is 2.05. The normalized spacial score (nSPS) is 10.7. The molecular weight excluding hydrogens is 324 g/mol. The summed E-state index contributed by atoms with van der Waals surface area (Å²) in [5, 5.41) is 0.925. The first kappa shape index (κ1) is 16.1. The van der Waals surface area contributed by atoms with Gasteiger partial charge in [0.05, 0.1) is 25.4 Å². The Hall–Kier alpha value is -3.40. The summed E-state index contributed by atoms with van der Waals surface area (Å²) in [6.07, 6.45) is 0. The molecule has 0 amide bonds. The minimum Gasteiger partial charge on any atom is -0.493 e. The van der Waals surface area contributed by atoms with E-state index in [0.29, 0.717) is 17.3 Å². The van der Waals surface area contributed by atoms with Crippen LogP contribution in [-0.2, 0) is 0 Å². The van der Waals surface area contributed by atoms with Gasteiger partial charge in [-0.05, 0) is 6.07 Å². The summed E-state index contributed by atoms with van der Waals surface area (Å²) in [5.41, 5.74) is 3.69. The smallest absolute Gasteiger partial charge is 0.162 e. The molecular formula is C22H18N2O2. The first-order valence-corrected chi connectivity index (χ1v) is 8.35. The van der Waals surface area contributed by atoms with E-state index in [-0.39, 0.29) is 0 Å². The lowest BCUT2D eigenvalue weighted by molar-refractivity contribution is 0.356. The molecule has 0 aliphatic rings. The van der Waals surface area contributed by atoms with Crippen molar-refractivity contribution >= 4 is 10.9 Å². The second kappa shape index (κ2) is 6.84. The number of hydrogen-bond donors (Lipinski definition) is 0. The highest BCUT2D eigenvalue weighted by Crippen LogP contribution is 2.36. The van der Waals surface area contributed by atoms with Crippen molar-refractivity contribution in [2.45, 2.75) is 0 Å². The molecule has 4 aromatic rings. The average molecular weight is 342 g/mol. The van der Waals surface area contributed by atoms with Crippen LogP contribution in [0.4, 0.5) is 0 Å². The largest absolute Gasteiger partial charge is 0.493 e. The van der Waals surface area contributed by atoms with Crippen LogP contribution in [0.3, 0.4) is 0 Å². The number of aromatic nitrogens is 2. The predicted molar refractivity (Wildman–Crippen MR) is 104 cm³/mol. The lowest BCUT2D eigenvalue weighted by atomic mass is 10.0. The Morgan fingerprint density at radius 1 is 0.654 bits per heavy atom. The quantitative estimate of drug-likeness (QED) is 0.524. The van der Waals surface area contributed by atoms with Gasteiger partial charge in [-0.2, -0.15) is 0 Å². The van der Waals surface area contributed by atoms with Crippen LogP contribution in [0, 0.1) is 0 Å². The molecule has 1 aromatic heterocycles. The van der Waals surface area contributed by atoms with Crippen LogP contribution in [0.25, 0.3) is 33.5 Å². The van der Waals surface area contributed by atoms with Crippen molar-refractivity contribution < 1.29 is 9.47 Å². The number of ether oxygens (including phenoxy) is 2. The van der Waals surface area contributed by atoms with E-state index in [9.17, 15) is 0 Å². The lowest BCUT2D eigenvalue weighted by Crippen LogP contribution is -1.97. The van der Waals surface area contributed by atoms with Crippen LogP contribution in [0.1, 0.15) is 0 Å². The zero-order valence-electron chi connectivity index (χ0n) is 14.6. The van der Waals surface area contributed by atoms with Crippen molar-refractivity contribution in [3.8, 4) is 34.1 Å². The summed E-state index contributed by atoms with van der Waals surface area (Å²) < 4.78 is 10.9. The molecule has 0 atom stereocenters. The fraction of sp³-hybridized carbons (Fsp3) is 0.0909. The summed E-state index contributed by atoms with van der Waals surface area (Å²) in [6.45, 7) is 0. The molecule has 0 unspecified atom stereocenters. The molecule has 0 aliphatic heterocycles. The van der Waals surface area contributed by atoms with Crippen LogP contribution in [0.15, 0.2) is 72.8 Å². The van der Waals surface area contributed by atoms with E-state index < -0.39 is 0 Å². The molecule has 1 heterocycles. The molecule has 0 fully saturated rings. The topological polar surface area (TPSA) is 44.2 Å². The molecule has 0 aliphatic carbocycles. The minimum absolute atomic E-state index is 0.650. The molecule has 4 rings (SSSR count). The highest BCUT2D eigenvalue weighted by atomic mass is 16.5. The summed E-state index contributed by atoms with van der Waals surface area (Å²) in [6, 6.07) is 23.9. The van der Waals surface area contributed by atoms with Crippen LogP contribution in [0.5, 0.6) is 11.5 Å². The summed E-state index contributed by atoms with van der Waals surface area (Å²) in [7, 11) is 3.26. The number of methoxy groups -OCH3 is 2. The van der Waals surface area contributed by atoms with Crippen molar-refractivity contribution in [2.24, 2.45) is 0 Å². The van der Waals surface area contributed by atoms with Crippen LogP contribution in [-0.4, -0.2) is 24.2 Å². The van der Waals surface area contributed by atoms with Crippen molar-refractivity contribution in [2.75, 3.05) is 14.2 Å². The first-order chi connectivity index (χ1) is 12.8. The predicted octanol–water partition coefficient (Wildman–Crippen LogP) is 4.98. The molecule has 0 spiro atoms. The van der Waals surface area contributed by atoms with Gasteiger partial charge in [0, 0.05) is 22.6 Å². The van der Waals surface area contributed by atoms with Crippen LogP contribution < -0.4 is 9.47 Å². The van der Waals surface area contributed by atoms with Crippen LogP contribution >= 0.6 is 0 Å². The van der Waals surface area contributed by atoms with E-state index >= 15 is 0 Å². The third-order valence-corrected chi connectivity index (χ3v) is 4.28. The molecule has 26 heavy (non-hydrogen) atoms. The fourth-order valence-electron chi connectivity index (χ4n) is 2.99. The van der Waals surface area contributed by atoms with Crippen molar-refractivity contribution in [3.63, 3.8) is 0 Å². The molecule has 128 valence electrons. The van der Waals surface area contributed by atoms with Gasteiger partial charge in [-0.15, -0.1) is 0 Å². The monoisotopic (exact) mass is 342 g/mol. The number of benzene rings is 3. The fourth-order valence-corrected chi connectivity index (χ4v) is 2.99. The highest BCUT2D eigenvalue weighted by Gasteiger charge is 2.15. The zero-order valence-corrected chi connectivity index (χ0v) is 14.6. The minimum atomic E-state index is 0.650. The molecule has 0 N–H and O–H groups in total. The number of hydrogen-bond acceptors (Lipinski definition) is 4. The second-order valence-corrected chi connectivity index (χ2v) is 5.85. The Labute approximate surface area is 152 Å². The van der Waals surface area contributed by atoms with E-state index in [2.05, 4.69) is 0 Å². The van der Waals surface area contributed by atoms with E-state index in [0.717, 1.165) is 27.7 Å². The molecule has 3 aromatic carbocycles. The van der Waals surface area contributed by atoms with Crippen molar-refractivity contribution in [1.82, 2.24) is 9.97 Å². The lowest BCUT2D eigenvalue weighted by Gasteiger charge is -2.13. The third kappa shape index (κ3) is 2.86. The zero-order chi connectivity index (χ0) is 17.9. The van der Waals surface area contributed by atoms with E-state index in [1.54, 1.807) is 14.2 Å². The van der Waals surface area contributed by atoms with Gasteiger partial charge in [0.15, 0.2) is 17.3 Å². The van der Waals surface area contributed by atoms with Crippen molar-refractivity contribution in [3.05, 3.63) is 72.8 Å². The number of fused-ring (bicyclic) bond motifs is 1. The summed E-state index contributed by atoms with van der Waals surface area (Å²) in [4.78, 5) is 9.63. The number of rotatable bonds is 4. The Morgan fingerprint density at radius 3 is 1.85 bits per heavy atom. The molecule has 0 saturated carbocycles. The van der Waals surface area contributed by atoms with E-state index in [4.69, 9.17) is 19.4 Å². The first-order valence-electron chi connectivity index (χ1n) is 8.35.